The molecule has 0 aliphatic carbocycles. The Bertz CT molecular complexity index is 917. The average Bonchev–Trinajstić information content (AvgIpc) is 2.82. The van der Waals surface area contributed by atoms with E-state index in [2.05, 4.69) is 0 Å². The monoisotopic (exact) mass is 530 g/mol. The van der Waals surface area contributed by atoms with Crippen LogP contribution in [0.2, 0.25) is 0 Å². The van der Waals surface area contributed by atoms with Crippen LogP contribution in [-0.2, 0) is 0 Å². The molecule has 0 saturated heterocycles. The van der Waals surface area contributed by atoms with Gasteiger partial charge in [0.1, 0.15) is 34.1 Å². The van der Waals surface area contributed by atoms with Crippen LogP contribution in [0.25, 0.3) is 0 Å². The Morgan fingerprint density at radius 2 is 0.842 bits per heavy atom. The zero-order valence-electron chi connectivity index (χ0n) is 22.6. The van der Waals surface area contributed by atoms with Gasteiger partial charge in [-0.2, -0.15) is 0 Å². The fraction of sp³-hybridized carbons (Fsp3) is 0.533. The minimum absolute atomic E-state index is 0.0800. The predicted molar refractivity (Wildman–Crippen MR) is 146 cm³/mol. The molecular formula is C30H42O8. The molecule has 0 aliphatic rings. The molecule has 2 rings (SSSR count). The first-order chi connectivity index (χ1) is 18.2. The Morgan fingerprint density at radius 1 is 0.553 bits per heavy atom. The predicted octanol–water partition coefficient (Wildman–Crippen LogP) is 7.25. The van der Waals surface area contributed by atoms with E-state index in [0.29, 0.717) is 35.8 Å². The maximum atomic E-state index is 11.1. The smallest absolute Gasteiger partial charge is 0.339 e. The Hall–Kier alpha value is -3.42. The highest BCUT2D eigenvalue weighted by atomic mass is 16.5. The third kappa shape index (κ3) is 10.5. The number of rotatable bonds is 19. The SMILES string of the molecule is Cc1cc(OCCCCCCCCCCCCCCOc2cc(C)c(C(=O)O)c(O)c2)cc(O)c1C(=O)O. The van der Waals surface area contributed by atoms with Gasteiger partial charge in [-0.1, -0.05) is 64.2 Å². The second-order valence-electron chi connectivity index (χ2n) is 9.82. The Morgan fingerprint density at radius 3 is 1.11 bits per heavy atom. The summed E-state index contributed by atoms with van der Waals surface area (Å²) in [4.78, 5) is 22.2. The van der Waals surface area contributed by atoms with E-state index in [0.717, 1.165) is 25.7 Å². The van der Waals surface area contributed by atoms with Crippen molar-refractivity contribution < 1.29 is 39.5 Å². The average molecular weight is 531 g/mol. The van der Waals surface area contributed by atoms with Crippen LogP contribution in [-0.4, -0.2) is 45.6 Å². The van der Waals surface area contributed by atoms with Crippen LogP contribution in [0.5, 0.6) is 23.0 Å². The van der Waals surface area contributed by atoms with Gasteiger partial charge in [-0.3, -0.25) is 0 Å². The summed E-state index contributed by atoms with van der Waals surface area (Å²) in [7, 11) is 0. The second kappa shape index (κ2) is 16.4. The van der Waals surface area contributed by atoms with Crippen LogP contribution in [0, 0.1) is 13.8 Å². The van der Waals surface area contributed by atoms with Crippen LogP contribution >= 0.6 is 0 Å². The third-order valence-electron chi connectivity index (χ3n) is 6.58. The van der Waals surface area contributed by atoms with Crippen LogP contribution < -0.4 is 9.47 Å². The summed E-state index contributed by atoms with van der Waals surface area (Å²) in [6, 6.07) is 6.02. The van der Waals surface area contributed by atoms with Gasteiger partial charge in [0.2, 0.25) is 0 Å². The quantitative estimate of drug-likeness (QED) is 0.140. The van der Waals surface area contributed by atoms with Crippen molar-refractivity contribution in [2.24, 2.45) is 0 Å². The molecule has 2 aromatic rings. The molecule has 0 atom stereocenters. The molecule has 0 saturated carbocycles. The molecule has 0 amide bonds. The van der Waals surface area contributed by atoms with Gasteiger partial charge >= 0.3 is 11.9 Å². The molecule has 0 aromatic heterocycles. The van der Waals surface area contributed by atoms with E-state index in [4.69, 9.17) is 19.7 Å². The van der Waals surface area contributed by atoms with E-state index in [-0.39, 0.29) is 22.6 Å². The van der Waals surface area contributed by atoms with Gasteiger partial charge in [-0.05, 0) is 49.9 Å². The Balaban J connectivity index is 1.40. The van der Waals surface area contributed by atoms with E-state index in [1.54, 1.807) is 26.0 Å². The van der Waals surface area contributed by atoms with Crippen molar-refractivity contribution in [2.75, 3.05) is 13.2 Å². The van der Waals surface area contributed by atoms with Crippen molar-refractivity contribution in [1.29, 1.82) is 0 Å². The van der Waals surface area contributed by atoms with E-state index >= 15 is 0 Å². The lowest BCUT2D eigenvalue weighted by Gasteiger charge is -2.10. The molecule has 8 heteroatoms. The minimum atomic E-state index is -1.14. The number of aryl methyl sites for hydroxylation is 2. The standard InChI is InChI=1S/C30H42O8/c1-21-17-23(19-25(31)27(21)29(33)34)37-15-13-11-9-7-5-3-4-6-8-10-12-14-16-38-24-18-22(2)28(30(35)36)26(32)20-24/h17-20,31-32H,3-16H2,1-2H3,(H,33,34)(H,35,36). The number of hydrogen-bond donors (Lipinski definition) is 4. The summed E-state index contributed by atoms with van der Waals surface area (Å²) < 4.78 is 11.3. The number of aromatic carboxylic acids is 2. The second-order valence-corrected chi connectivity index (χ2v) is 9.82. The number of aromatic hydroxyl groups is 2. The lowest BCUT2D eigenvalue weighted by atomic mass is 10.1. The highest BCUT2D eigenvalue weighted by molar-refractivity contribution is 5.93. The topological polar surface area (TPSA) is 134 Å². The fourth-order valence-electron chi connectivity index (χ4n) is 4.55. The number of benzene rings is 2. The molecule has 38 heavy (non-hydrogen) atoms. The zero-order valence-corrected chi connectivity index (χ0v) is 22.6. The number of carboxylic acid groups (broad SMARTS) is 2. The molecule has 0 aliphatic heterocycles. The molecule has 0 spiro atoms. The third-order valence-corrected chi connectivity index (χ3v) is 6.58. The highest BCUT2D eigenvalue weighted by Gasteiger charge is 2.15. The van der Waals surface area contributed by atoms with Crippen LogP contribution in [0.3, 0.4) is 0 Å². The minimum Gasteiger partial charge on any atom is -0.507 e. The van der Waals surface area contributed by atoms with Crippen molar-refractivity contribution in [3.8, 4) is 23.0 Å². The summed E-state index contributed by atoms with van der Waals surface area (Å²) >= 11 is 0. The number of phenols is 2. The van der Waals surface area contributed by atoms with Gasteiger partial charge in [0.25, 0.3) is 0 Å². The molecule has 2 aromatic carbocycles. The molecule has 8 nitrogen and oxygen atoms in total. The molecular weight excluding hydrogens is 488 g/mol. The van der Waals surface area contributed by atoms with Crippen molar-refractivity contribution in [1.82, 2.24) is 0 Å². The zero-order chi connectivity index (χ0) is 27.9. The van der Waals surface area contributed by atoms with E-state index in [9.17, 15) is 19.8 Å². The van der Waals surface area contributed by atoms with Gasteiger partial charge in [0.15, 0.2) is 0 Å². The summed E-state index contributed by atoms with van der Waals surface area (Å²) in [6.45, 7) is 4.40. The molecule has 4 N–H and O–H groups in total. The number of ether oxygens (including phenoxy) is 2. The van der Waals surface area contributed by atoms with Gasteiger partial charge in [0.05, 0.1) is 13.2 Å². The molecule has 0 fully saturated rings. The van der Waals surface area contributed by atoms with Crippen molar-refractivity contribution >= 4 is 11.9 Å². The fourth-order valence-corrected chi connectivity index (χ4v) is 4.55. The highest BCUT2D eigenvalue weighted by Crippen LogP contribution is 2.29. The number of carboxylic acids is 2. The van der Waals surface area contributed by atoms with Crippen LogP contribution in [0.1, 0.15) is 109 Å². The summed E-state index contributed by atoms with van der Waals surface area (Å²) in [5.41, 5.74) is 0.813. The first kappa shape index (κ1) is 30.8. The van der Waals surface area contributed by atoms with E-state index in [1.807, 2.05) is 0 Å². The maximum absolute atomic E-state index is 11.1. The number of hydrogen-bond acceptors (Lipinski definition) is 6. The maximum Gasteiger partial charge on any atom is 0.339 e. The van der Waals surface area contributed by atoms with Crippen molar-refractivity contribution in [2.45, 2.75) is 90.9 Å². The van der Waals surface area contributed by atoms with E-state index < -0.39 is 11.9 Å². The van der Waals surface area contributed by atoms with Crippen LogP contribution in [0.15, 0.2) is 24.3 Å². The largest absolute Gasteiger partial charge is 0.507 e. The van der Waals surface area contributed by atoms with Gasteiger partial charge in [-0.15, -0.1) is 0 Å². The lowest BCUT2D eigenvalue weighted by Crippen LogP contribution is -2.03. The van der Waals surface area contributed by atoms with Crippen molar-refractivity contribution in [3.05, 3.63) is 46.5 Å². The Labute approximate surface area is 225 Å². The lowest BCUT2D eigenvalue weighted by molar-refractivity contribution is 0.0681. The summed E-state index contributed by atoms with van der Waals surface area (Å²) in [5, 5.41) is 37.9. The number of unbranched alkanes of at least 4 members (excludes halogenated alkanes) is 11. The first-order valence-corrected chi connectivity index (χ1v) is 13.6. The molecule has 0 radical (unpaired) electrons. The summed E-state index contributed by atoms with van der Waals surface area (Å²) in [6.07, 6.45) is 13.8. The van der Waals surface area contributed by atoms with Gasteiger partial charge < -0.3 is 29.9 Å². The van der Waals surface area contributed by atoms with Crippen molar-refractivity contribution in [3.63, 3.8) is 0 Å². The molecule has 210 valence electrons. The van der Waals surface area contributed by atoms with Gasteiger partial charge in [-0.25, -0.2) is 9.59 Å². The van der Waals surface area contributed by atoms with Crippen LogP contribution in [0.4, 0.5) is 0 Å². The van der Waals surface area contributed by atoms with E-state index in [1.165, 1.54) is 63.5 Å². The Kier molecular flexibility index (Phi) is 13.3. The normalized spacial score (nSPS) is 10.9. The number of carbonyl (C=O) groups is 2. The molecule has 0 unspecified atom stereocenters. The first-order valence-electron chi connectivity index (χ1n) is 13.6. The molecule has 0 heterocycles. The molecule has 0 bridgehead atoms. The van der Waals surface area contributed by atoms with Gasteiger partial charge in [0, 0.05) is 12.1 Å². The summed E-state index contributed by atoms with van der Waals surface area (Å²) in [5.74, 6) is -1.81.